The first-order valence-electron chi connectivity index (χ1n) is 6.76. The number of aliphatic hydroxyl groups excluding tert-OH is 1. The van der Waals surface area contributed by atoms with Crippen LogP contribution in [-0.2, 0) is 10.0 Å². The highest BCUT2D eigenvalue weighted by Gasteiger charge is 2.37. The fourth-order valence-corrected chi connectivity index (χ4v) is 4.75. The van der Waals surface area contributed by atoms with Gasteiger partial charge in [-0.25, -0.2) is 12.8 Å². The molecule has 1 fully saturated rings. The lowest BCUT2D eigenvalue weighted by atomic mass is 9.93. The van der Waals surface area contributed by atoms with Crippen LogP contribution in [0.1, 0.15) is 25.3 Å². The summed E-state index contributed by atoms with van der Waals surface area (Å²) in [6.45, 7) is 3.73. The summed E-state index contributed by atoms with van der Waals surface area (Å²) in [4.78, 5) is -0.00921. The molecule has 1 aromatic carbocycles. The third kappa shape index (κ3) is 2.73. The van der Waals surface area contributed by atoms with E-state index in [2.05, 4.69) is 0 Å². The molecule has 1 heterocycles. The van der Waals surface area contributed by atoms with E-state index in [4.69, 9.17) is 0 Å². The van der Waals surface area contributed by atoms with Crippen molar-refractivity contribution < 1.29 is 17.9 Å². The van der Waals surface area contributed by atoms with Crippen LogP contribution < -0.4 is 0 Å². The lowest BCUT2D eigenvalue weighted by Gasteiger charge is -2.38. The zero-order valence-corrected chi connectivity index (χ0v) is 12.5. The van der Waals surface area contributed by atoms with Crippen molar-refractivity contribution in [1.82, 2.24) is 4.31 Å². The molecular formula is C14H20FNO3S. The summed E-state index contributed by atoms with van der Waals surface area (Å²) in [5, 5.41) is 9.49. The van der Waals surface area contributed by atoms with Gasteiger partial charge in [-0.1, -0.05) is 13.0 Å². The molecule has 1 aliphatic rings. The summed E-state index contributed by atoms with van der Waals surface area (Å²) in [6.07, 6.45) is 1.64. The SMILES string of the molecule is Cc1ccc(F)cc1S(=O)(=O)N1CCCC(C)C1CO. The predicted molar refractivity (Wildman–Crippen MR) is 74.3 cm³/mol. The molecule has 0 aliphatic carbocycles. The highest BCUT2D eigenvalue weighted by atomic mass is 32.2. The van der Waals surface area contributed by atoms with Crippen LogP contribution >= 0.6 is 0 Å². The maximum atomic E-state index is 13.4. The molecule has 0 saturated carbocycles. The molecule has 2 unspecified atom stereocenters. The Morgan fingerprint density at radius 1 is 1.45 bits per heavy atom. The van der Waals surface area contributed by atoms with Gasteiger partial charge >= 0.3 is 0 Å². The molecule has 20 heavy (non-hydrogen) atoms. The van der Waals surface area contributed by atoms with E-state index in [0.29, 0.717) is 12.1 Å². The first-order valence-corrected chi connectivity index (χ1v) is 8.20. The third-order valence-electron chi connectivity index (χ3n) is 3.99. The number of rotatable bonds is 3. The Bertz CT molecular complexity index is 588. The highest BCUT2D eigenvalue weighted by molar-refractivity contribution is 7.89. The molecule has 112 valence electrons. The van der Waals surface area contributed by atoms with Crippen molar-refractivity contribution in [2.24, 2.45) is 5.92 Å². The van der Waals surface area contributed by atoms with Crippen LogP contribution in [0.3, 0.4) is 0 Å². The number of sulfonamides is 1. The van der Waals surface area contributed by atoms with Gasteiger partial charge in [-0.2, -0.15) is 4.31 Å². The maximum Gasteiger partial charge on any atom is 0.243 e. The molecular weight excluding hydrogens is 281 g/mol. The van der Waals surface area contributed by atoms with Crippen LogP contribution in [0, 0.1) is 18.7 Å². The summed E-state index contributed by atoms with van der Waals surface area (Å²) < 4.78 is 40.1. The van der Waals surface area contributed by atoms with Gasteiger partial charge in [0.2, 0.25) is 10.0 Å². The summed E-state index contributed by atoms with van der Waals surface area (Å²) in [6, 6.07) is 3.33. The third-order valence-corrected chi connectivity index (χ3v) is 6.06. The zero-order chi connectivity index (χ0) is 14.9. The van der Waals surface area contributed by atoms with E-state index < -0.39 is 21.9 Å². The van der Waals surface area contributed by atoms with Gasteiger partial charge in [0.15, 0.2) is 0 Å². The molecule has 2 rings (SSSR count). The largest absolute Gasteiger partial charge is 0.395 e. The highest BCUT2D eigenvalue weighted by Crippen LogP contribution is 2.30. The van der Waals surface area contributed by atoms with Crippen LogP contribution in [0.4, 0.5) is 4.39 Å². The first kappa shape index (κ1) is 15.4. The van der Waals surface area contributed by atoms with Crippen molar-refractivity contribution in [2.45, 2.75) is 37.6 Å². The maximum absolute atomic E-state index is 13.4. The molecule has 0 aromatic heterocycles. The van der Waals surface area contributed by atoms with Gasteiger partial charge in [0.25, 0.3) is 0 Å². The average molecular weight is 301 g/mol. The molecule has 1 aliphatic heterocycles. The van der Waals surface area contributed by atoms with E-state index in [0.717, 1.165) is 18.9 Å². The van der Waals surface area contributed by atoms with E-state index in [-0.39, 0.29) is 17.4 Å². The van der Waals surface area contributed by atoms with E-state index in [1.165, 1.54) is 16.4 Å². The Morgan fingerprint density at radius 2 is 2.15 bits per heavy atom. The van der Waals surface area contributed by atoms with Gasteiger partial charge in [-0.3, -0.25) is 0 Å². The van der Waals surface area contributed by atoms with Gasteiger partial charge in [0, 0.05) is 6.54 Å². The number of nitrogens with zero attached hydrogens (tertiary/aromatic N) is 1. The minimum atomic E-state index is -3.78. The second kappa shape index (κ2) is 5.79. The van der Waals surface area contributed by atoms with Crippen molar-refractivity contribution in [3.63, 3.8) is 0 Å². The minimum absolute atomic E-state index is 0.00921. The van der Waals surface area contributed by atoms with Crippen molar-refractivity contribution in [3.8, 4) is 0 Å². The first-order chi connectivity index (χ1) is 9.37. The molecule has 1 aromatic rings. The van der Waals surface area contributed by atoms with Crippen LogP contribution in [0.25, 0.3) is 0 Å². The van der Waals surface area contributed by atoms with Crippen LogP contribution in [0.2, 0.25) is 0 Å². The van der Waals surface area contributed by atoms with Crippen molar-refractivity contribution in [3.05, 3.63) is 29.6 Å². The average Bonchev–Trinajstić information content (AvgIpc) is 2.41. The fraction of sp³-hybridized carbons (Fsp3) is 0.571. The lowest BCUT2D eigenvalue weighted by molar-refractivity contribution is 0.113. The number of halogens is 1. The van der Waals surface area contributed by atoms with Gasteiger partial charge < -0.3 is 5.11 Å². The van der Waals surface area contributed by atoms with Gasteiger partial charge in [0.05, 0.1) is 17.5 Å². The molecule has 0 bridgehead atoms. The number of aliphatic hydroxyl groups is 1. The lowest BCUT2D eigenvalue weighted by Crippen LogP contribution is -2.49. The number of aryl methyl sites for hydroxylation is 1. The Labute approximate surface area is 119 Å². The van der Waals surface area contributed by atoms with Crippen molar-refractivity contribution >= 4 is 10.0 Å². The van der Waals surface area contributed by atoms with Crippen molar-refractivity contribution in [1.29, 1.82) is 0 Å². The summed E-state index contributed by atoms with van der Waals surface area (Å²) >= 11 is 0. The Hall–Kier alpha value is -0.980. The quantitative estimate of drug-likeness (QED) is 0.928. The number of piperidine rings is 1. The van der Waals surface area contributed by atoms with E-state index in [9.17, 15) is 17.9 Å². The molecule has 0 amide bonds. The summed E-state index contributed by atoms with van der Waals surface area (Å²) in [5.74, 6) is -0.475. The standard InChI is InChI=1S/C14H20FNO3S/c1-10-4-3-7-16(13(10)9-17)20(18,19)14-8-12(15)6-5-11(14)2/h5-6,8,10,13,17H,3-4,7,9H2,1-2H3. The van der Waals surface area contributed by atoms with Crippen LogP contribution in [0.5, 0.6) is 0 Å². The Balaban J connectivity index is 2.45. The summed E-state index contributed by atoms with van der Waals surface area (Å²) in [5.41, 5.74) is 0.515. The Kier molecular flexibility index (Phi) is 4.46. The van der Waals surface area contributed by atoms with Gasteiger partial charge in [-0.05, 0) is 43.4 Å². The Morgan fingerprint density at radius 3 is 2.80 bits per heavy atom. The normalized spacial score (nSPS) is 24.8. The molecule has 0 spiro atoms. The molecule has 1 N–H and O–H groups in total. The molecule has 0 radical (unpaired) electrons. The fourth-order valence-electron chi connectivity index (χ4n) is 2.76. The monoisotopic (exact) mass is 301 g/mol. The second-order valence-corrected chi connectivity index (χ2v) is 7.25. The number of benzene rings is 1. The molecule has 6 heteroatoms. The van der Waals surface area contributed by atoms with Crippen LogP contribution in [-0.4, -0.2) is 37.0 Å². The minimum Gasteiger partial charge on any atom is -0.395 e. The zero-order valence-electron chi connectivity index (χ0n) is 11.7. The molecule has 1 saturated heterocycles. The van der Waals surface area contributed by atoms with E-state index in [1.807, 2.05) is 6.92 Å². The smallest absolute Gasteiger partial charge is 0.243 e. The van der Waals surface area contributed by atoms with E-state index >= 15 is 0 Å². The summed E-state index contributed by atoms with van der Waals surface area (Å²) in [7, 11) is -3.78. The van der Waals surface area contributed by atoms with E-state index in [1.54, 1.807) is 6.92 Å². The van der Waals surface area contributed by atoms with Crippen molar-refractivity contribution in [2.75, 3.05) is 13.2 Å². The number of hydrogen-bond acceptors (Lipinski definition) is 3. The molecule has 2 atom stereocenters. The van der Waals surface area contributed by atoms with Crippen LogP contribution in [0.15, 0.2) is 23.1 Å². The molecule has 4 nitrogen and oxygen atoms in total. The predicted octanol–water partition coefficient (Wildman–Crippen LogP) is 1.92. The topological polar surface area (TPSA) is 57.6 Å². The van der Waals surface area contributed by atoms with Gasteiger partial charge in [0.1, 0.15) is 5.82 Å². The second-order valence-electron chi connectivity index (χ2n) is 5.40. The number of hydrogen-bond donors (Lipinski definition) is 1. The van der Waals surface area contributed by atoms with Gasteiger partial charge in [-0.15, -0.1) is 0 Å².